The Labute approximate surface area is 235 Å². The fourth-order valence-electron chi connectivity index (χ4n) is 5.76. The van der Waals surface area contributed by atoms with Crippen molar-refractivity contribution in [2.45, 2.75) is 123 Å². The zero-order valence-corrected chi connectivity index (χ0v) is 24.3. The first kappa shape index (κ1) is 33.4. The van der Waals surface area contributed by atoms with Gasteiger partial charge in [0.05, 0.1) is 6.04 Å². The summed E-state index contributed by atoms with van der Waals surface area (Å²) in [4.78, 5) is 65.8. The molecule has 0 spiro atoms. The number of carbonyl (C=O) groups excluding carboxylic acids is 5. The van der Waals surface area contributed by atoms with Gasteiger partial charge in [0.2, 0.25) is 24.0 Å². The van der Waals surface area contributed by atoms with Crippen molar-refractivity contribution in [1.29, 1.82) is 0 Å². The first-order chi connectivity index (χ1) is 18.6. The van der Waals surface area contributed by atoms with Gasteiger partial charge in [-0.3, -0.25) is 19.2 Å². The number of nitrogens with two attached hydrogens (primary N) is 1. The lowest BCUT2D eigenvalue weighted by molar-refractivity contribution is -0.144. The molecule has 2 fully saturated rings. The van der Waals surface area contributed by atoms with Gasteiger partial charge in [0, 0.05) is 13.0 Å². The van der Waals surface area contributed by atoms with Crippen LogP contribution in [0.3, 0.4) is 0 Å². The van der Waals surface area contributed by atoms with Gasteiger partial charge in [-0.15, -0.1) is 0 Å². The second-order valence-corrected chi connectivity index (χ2v) is 12.4. The molecule has 4 amide bonds. The van der Waals surface area contributed by atoms with Crippen LogP contribution in [0, 0.1) is 17.8 Å². The normalized spacial score (nSPS) is 21.7. The number of nitrogens with one attached hydrogen (secondary N) is 2. The molecule has 10 nitrogen and oxygen atoms in total. The van der Waals surface area contributed by atoms with Crippen molar-refractivity contribution in [3.05, 3.63) is 0 Å². The Morgan fingerprint density at radius 1 is 0.975 bits per heavy atom. The van der Waals surface area contributed by atoms with Crippen molar-refractivity contribution in [2.24, 2.45) is 23.5 Å². The van der Waals surface area contributed by atoms with E-state index in [9.17, 15) is 32.8 Å². The number of carbonyl (C=O) groups is 5. The Morgan fingerprint density at radius 3 is 2.12 bits per heavy atom. The molecule has 2 rings (SSSR count). The highest BCUT2D eigenvalue weighted by Crippen LogP contribution is 2.34. The second kappa shape index (κ2) is 14.7. The number of amides is 4. The van der Waals surface area contributed by atoms with E-state index < -0.39 is 72.6 Å². The lowest BCUT2D eigenvalue weighted by Crippen LogP contribution is -2.59. The van der Waals surface area contributed by atoms with E-state index in [-0.39, 0.29) is 24.3 Å². The summed E-state index contributed by atoms with van der Waals surface area (Å²) in [6, 6.07) is -3.44. The van der Waals surface area contributed by atoms with E-state index in [1.807, 2.05) is 13.8 Å². The molecule has 0 aromatic heterocycles. The number of Topliss-reactive ketones (excluding diaryl/α,β-unsaturated/α-hetero) is 1. The number of likely N-dealkylation sites (tertiary alicyclic amines) is 1. The summed E-state index contributed by atoms with van der Waals surface area (Å²) < 4.78 is 31.2. The summed E-state index contributed by atoms with van der Waals surface area (Å²) in [6.07, 6.45) is 0.771. The first-order valence-electron chi connectivity index (χ1n) is 14.3. The number of primary amides is 1. The van der Waals surface area contributed by atoms with E-state index >= 15 is 0 Å². The van der Waals surface area contributed by atoms with Crippen LogP contribution < -0.4 is 16.4 Å². The molecule has 4 N–H and O–H groups in total. The highest BCUT2D eigenvalue weighted by molar-refractivity contribution is 6.37. The van der Waals surface area contributed by atoms with Gasteiger partial charge >= 0.3 is 6.09 Å². The molecule has 0 aromatic rings. The quantitative estimate of drug-likeness (QED) is 0.306. The number of nitrogens with zero attached hydrogens (tertiary/aromatic N) is 1. The van der Waals surface area contributed by atoms with Crippen LogP contribution in [0.5, 0.6) is 0 Å². The summed E-state index contributed by atoms with van der Waals surface area (Å²) in [5, 5.41) is 5.20. The Balaban J connectivity index is 2.36. The van der Waals surface area contributed by atoms with Gasteiger partial charge in [-0.25, -0.2) is 13.6 Å². The van der Waals surface area contributed by atoms with Crippen molar-refractivity contribution in [3.8, 4) is 0 Å². The van der Waals surface area contributed by atoms with Crippen molar-refractivity contribution in [3.63, 3.8) is 0 Å². The van der Waals surface area contributed by atoms with Gasteiger partial charge in [0.25, 0.3) is 5.91 Å². The Morgan fingerprint density at radius 2 is 1.60 bits per heavy atom. The van der Waals surface area contributed by atoms with Crippen LogP contribution in [0.1, 0.15) is 92.4 Å². The van der Waals surface area contributed by atoms with Gasteiger partial charge in [0.1, 0.15) is 17.7 Å². The minimum absolute atomic E-state index is 0.142. The number of ether oxygens (including phenoxy) is 1. The molecule has 12 heteroatoms. The Kier molecular flexibility index (Phi) is 12.3. The van der Waals surface area contributed by atoms with E-state index in [4.69, 9.17) is 10.5 Å². The van der Waals surface area contributed by atoms with Gasteiger partial charge in [-0.05, 0) is 70.6 Å². The lowest BCUT2D eigenvalue weighted by atomic mass is 9.83. The second-order valence-electron chi connectivity index (χ2n) is 12.4. The zero-order valence-electron chi connectivity index (χ0n) is 24.3. The van der Waals surface area contributed by atoms with Crippen LogP contribution in [0.25, 0.3) is 0 Å². The van der Waals surface area contributed by atoms with E-state index in [1.165, 1.54) is 4.90 Å². The smallest absolute Gasteiger partial charge is 0.408 e. The maximum Gasteiger partial charge on any atom is 0.408 e. The van der Waals surface area contributed by atoms with Crippen LogP contribution in [0.2, 0.25) is 0 Å². The molecular formula is C28H46F2N4O6. The number of hydrogen-bond acceptors (Lipinski definition) is 6. The number of alkyl halides is 2. The van der Waals surface area contributed by atoms with Crippen LogP contribution in [-0.2, 0) is 23.9 Å². The summed E-state index contributed by atoms with van der Waals surface area (Å²) in [7, 11) is 0. The molecule has 0 bridgehead atoms. The highest BCUT2D eigenvalue weighted by Gasteiger charge is 2.46. The molecule has 1 heterocycles. The van der Waals surface area contributed by atoms with Crippen molar-refractivity contribution < 1.29 is 37.5 Å². The summed E-state index contributed by atoms with van der Waals surface area (Å²) >= 11 is 0. The van der Waals surface area contributed by atoms with E-state index in [1.54, 1.807) is 20.8 Å². The van der Waals surface area contributed by atoms with E-state index in [0.717, 1.165) is 32.1 Å². The predicted octanol–water partition coefficient (Wildman–Crippen LogP) is 3.31. The van der Waals surface area contributed by atoms with Crippen LogP contribution in [0.15, 0.2) is 0 Å². The fraction of sp³-hybridized carbons (Fsp3) is 0.821. The Hall–Kier alpha value is -2.79. The topological polar surface area (TPSA) is 148 Å². The number of ketones is 1. The molecule has 4 atom stereocenters. The van der Waals surface area contributed by atoms with Gasteiger partial charge in [-0.2, -0.15) is 0 Å². The number of hydrogen-bond donors (Lipinski definition) is 3. The van der Waals surface area contributed by atoms with Gasteiger partial charge in [-0.1, -0.05) is 33.1 Å². The van der Waals surface area contributed by atoms with Crippen molar-refractivity contribution >= 4 is 29.6 Å². The highest BCUT2D eigenvalue weighted by atomic mass is 19.3. The number of rotatable bonds is 12. The standard InChI is InChI=1S/C28H46F2N4O6/c1-16(2)15-18-13-14-34(22(18)25(37)32-19(11-12-20(29)30)23(35)24(31)36)26(38)21(17-9-7-6-8-10-17)33-27(39)40-28(3,4)5/h16-22H,6-15H2,1-5H3,(H2,31,36)(H,32,37)(H,33,39)/t18-,19?,21+,22+/m1/s1. The average Bonchev–Trinajstić information content (AvgIpc) is 3.26. The molecule has 2 aliphatic rings. The van der Waals surface area contributed by atoms with Gasteiger partial charge < -0.3 is 26.0 Å². The van der Waals surface area contributed by atoms with Gasteiger partial charge in [0.15, 0.2) is 0 Å². The minimum Gasteiger partial charge on any atom is -0.444 e. The van der Waals surface area contributed by atoms with E-state index in [0.29, 0.717) is 12.8 Å². The third-order valence-corrected chi connectivity index (χ3v) is 7.46. The molecule has 1 saturated carbocycles. The predicted molar refractivity (Wildman–Crippen MR) is 144 cm³/mol. The molecule has 1 saturated heterocycles. The third-order valence-electron chi connectivity index (χ3n) is 7.46. The van der Waals surface area contributed by atoms with Crippen LogP contribution in [-0.4, -0.2) is 71.2 Å². The molecule has 228 valence electrons. The summed E-state index contributed by atoms with van der Waals surface area (Å²) in [5.41, 5.74) is 4.33. The average molecular weight is 573 g/mol. The molecule has 1 aliphatic heterocycles. The molecule has 0 radical (unpaired) electrons. The van der Waals surface area contributed by atoms with Crippen LogP contribution >= 0.6 is 0 Å². The number of alkyl carbamates (subject to hydrolysis) is 1. The maximum atomic E-state index is 14.1. The molecule has 0 aromatic carbocycles. The zero-order chi connectivity index (χ0) is 30.2. The number of halogens is 2. The Bertz CT molecular complexity index is 917. The molecular weight excluding hydrogens is 526 g/mol. The first-order valence-corrected chi connectivity index (χ1v) is 14.3. The minimum atomic E-state index is -2.74. The molecule has 40 heavy (non-hydrogen) atoms. The van der Waals surface area contributed by atoms with Crippen molar-refractivity contribution in [2.75, 3.05) is 6.54 Å². The SMILES string of the molecule is CC(C)C[C@H]1CCN(C(=O)[C@@H](NC(=O)OC(C)(C)C)C2CCCCC2)[C@@H]1C(=O)NC(CCC(F)F)C(=O)C(N)=O. The van der Waals surface area contributed by atoms with Crippen LogP contribution in [0.4, 0.5) is 13.6 Å². The molecule has 1 unspecified atom stereocenters. The monoisotopic (exact) mass is 572 g/mol. The van der Waals surface area contributed by atoms with Crippen molar-refractivity contribution in [1.82, 2.24) is 15.5 Å². The molecule has 1 aliphatic carbocycles. The largest absolute Gasteiger partial charge is 0.444 e. The van der Waals surface area contributed by atoms with E-state index in [2.05, 4.69) is 10.6 Å². The third kappa shape index (κ3) is 9.99. The summed E-state index contributed by atoms with van der Waals surface area (Å²) in [5.74, 6) is -3.85. The fourth-order valence-corrected chi connectivity index (χ4v) is 5.76. The lowest BCUT2D eigenvalue weighted by Gasteiger charge is -2.36. The maximum absolute atomic E-state index is 14.1. The summed E-state index contributed by atoms with van der Waals surface area (Å²) in [6.45, 7) is 9.38.